The highest BCUT2D eigenvalue weighted by Crippen LogP contribution is 2.37. The number of esters is 1. The molecule has 4 aliphatic heterocycles. The van der Waals surface area contributed by atoms with Gasteiger partial charge in [-0.3, -0.25) is 4.79 Å². The van der Waals surface area contributed by atoms with Gasteiger partial charge in [0.2, 0.25) is 0 Å². The molecule has 4 fully saturated rings. The molecule has 0 aromatic carbocycles. The summed E-state index contributed by atoms with van der Waals surface area (Å²) >= 11 is 0. The van der Waals surface area contributed by atoms with Gasteiger partial charge in [-0.25, -0.2) is 0 Å². The Morgan fingerprint density at radius 3 is 0.874 bits per heavy atom. The lowest BCUT2D eigenvalue weighted by atomic mass is 9.78. The van der Waals surface area contributed by atoms with E-state index < -0.39 is 74.6 Å². The van der Waals surface area contributed by atoms with Gasteiger partial charge in [-0.15, -0.1) is 38.5 Å². The smallest absolute Gasteiger partial charge is 0.302 e. The first-order valence-electron chi connectivity index (χ1n) is 33.9. The summed E-state index contributed by atoms with van der Waals surface area (Å²) in [6.45, 7) is 22.3. The maximum absolute atomic E-state index is 11.0. The van der Waals surface area contributed by atoms with E-state index in [0.717, 1.165) is 6.42 Å². The van der Waals surface area contributed by atoms with Crippen LogP contribution in [-0.2, 0) is 85.3 Å². The number of aliphatic hydroxyl groups is 14. The predicted molar refractivity (Wildman–Crippen MR) is 373 cm³/mol. The van der Waals surface area contributed by atoms with Gasteiger partial charge in [-0.1, -0.05) is 84.0 Å². The van der Waals surface area contributed by atoms with Crippen LogP contribution in [0.15, 0.2) is 0 Å². The zero-order valence-electron chi connectivity index (χ0n) is 61.3. The molecule has 600 valence electrons. The second-order valence-corrected chi connectivity index (χ2v) is 22.4. The minimum absolute atomic E-state index is 0.0278. The van der Waals surface area contributed by atoms with Gasteiger partial charge in [-0.2, -0.15) is 0 Å². The van der Waals surface area contributed by atoms with Crippen molar-refractivity contribution in [3.05, 3.63) is 0 Å². The van der Waals surface area contributed by atoms with Crippen molar-refractivity contribution in [2.75, 3.05) is 192 Å². The number of terminal acetylenes is 6. The molecule has 0 aliphatic carbocycles. The first kappa shape index (κ1) is 105. The third-order valence-electron chi connectivity index (χ3n) is 15.1. The van der Waals surface area contributed by atoms with Crippen LogP contribution in [0.3, 0.4) is 0 Å². The molecule has 0 spiro atoms. The molecule has 0 aromatic heterocycles. The van der Waals surface area contributed by atoms with Gasteiger partial charge < -0.3 is 152 Å². The molecule has 0 saturated carbocycles. The van der Waals surface area contributed by atoms with Crippen molar-refractivity contribution in [3.63, 3.8) is 0 Å². The van der Waals surface area contributed by atoms with E-state index in [1.165, 1.54) is 6.92 Å². The van der Waals surface area contributed by atoms with Crippen LogP contribution in [0.25, 0.3) is 0 Å². The molecule has 0 radical (unpaired) electrons. The van der Waals surface area contributed by atoms with Gasteiger partial charge in [0.05, 0.1) is 158 Å². The van der Waals surface area contributed by atoms with Gasteiger partial charge >= 0.3 is 5.97 Å². The summed E-state index contributed by atoms with van der Waals surface area (Å²) in [6, 6.07) is 0. The first-order chi connectivity index (χ1) is 49.5. The van der Waals surface area contributed by atoms with E-state index in [1.807, 2.05) is 0 Å². The SMILES string of the molecule is C#CCOCCO.C#CCOCCOC1OC(CC)C(C)C(C)C1C.C#CCOCCOC1OC(CO)C(O)C(O)C1O.C#CCOCCOC1OC(CO)C(O)C(O)C1O.C#CCOCCOC1OC(COC(C)=O)C(C)C(C)C1C.C#CCOCCOCCO.OCCO.OCCOCCO. The Bertz CT molecular complexity index is 2040. The molecule has 0 amide bonds. The van der Waals surface area contributed by atoms with Crippen molar-refractivity contribution < 1.29 is 157 Å². The number of carbonyl (C=O) groups excluding carboxylic acids is 1. The van der Waals surface area contributed by atoms with Crippen molar-refractivity contribution >= 4 is 5.97 Å². The van der Waals surface area contributed by atoms with Crippen LogP contribution in [0.1, 0.15) is 61.8 Å². The Balaban J connectivity index is -0.000000566. The number of ether oxygens (including phenoxy) is 17. The van der Waals surface area contributed by atoms with Crippen molar-refractivity contribution in [2.45, 2.75) is 148 Å². The van der Waals surface area contributed by atoms with E-state index >= 15 is 0 Å². The van der Waals surface area contributed by atoms with Crippen LogP contribution in [0.4, 0.5) is 0 Å². The Labute approximate surface area is 610 Å². The standard InChI is InChI=1S/C16H26O5.C15H26O3.2C11H18O7.C7H12O3.C5H8O2.C4H10O3.C2H6O2/c1-6-7-18-8-9-19-16-13(4)11(2)12(3)15(21-16)10-20-14(5)17;1-6-8-16-9-10-17-15-13(5)11(3)12(4)14(7-2)18-15;2*1-2-3-16-4-5-17-11-10(15)9(14)8(13)7(6-12)18-11;1-2-4-9-6-7-10-5-3-8;1-2-4-7-5-3-6;5-1-3-7-4-2-6;3-1-2-4/h1,11-13,15-16H,7-10H2,2-5H3;1,11-15H,7-10H2,2-5H3;2*1,7-15H,3-6H2;1,8H,3-7H2;1,6H,3-5H2;5-6H,1-4H2;3-4H,1-2H2. The summed E-state index contributed by atoms with van der Waals surface area (Å²) in [5, 5.41) is 123. The molecule has 103 heavy (non-hydrogen) atoms. The zero-order chi connectivity index (χ0) is 78.6. The summed E-state index contributed by atoms with van der Waals surface area (Å²) in [5.41, 5.74) is 0. The minimum Gasteiger partial charge on any atom is -0.463 e. The molecule has 20 atom stereocenters. The number of aliphatic hydroxyl groups excluding tert-OH is 14. The minimum atomic E-state index is -1.44. The van der Waals surface area contributed by atoms with E-state index in [9.17, 15) is 35.4 Å². The van der Waals surface area contributed by atoms with E-state index in [2.05, 4.69) is 93.5 Å². The molecular weight excluding hydrogens is 1360 g/mol. The quantitative estimate of drug-likeness (QED) is 0.0163. The average Bonchev–Trinajstić information content (AvgIpc) is 0.853. The van der Waals surface area contributed by atoms with E-state index in [-0.39, 0.29) is 123 Å². The van der Waals surface area contributed by atoms with Crippen molar-refractivity contribution in [1.82, 2.24) is 0 Å². The fourth-order valence-electron chi connectivity index (χ4n) is 8.88. The molecule has 32 nitrogen and oxygen atoms in total. The molecule has 0 bridgehead atoms. The molecule has 14 N–H and O–H groups in total. The Morgan fingerprint density at radius 2 is 0.583 bits per heavy atom. The number of carbonyl (C=O) groups is 1. The molecule has 4 heterocycles. The highest BCUT2D eigenvalue weighted by Gasteiger charge is 2.46. The van der Waals surface area contributed by atoms with Crippen LogP contribution in [0, 0.1) is 110 Å². The van der Waals surface area contributed by atoms with Crippen molar-refractivity contribution in [2.24, 2.45) is 35.5 Å². The summed E-state index contributed by atoms with van der Waals surface area (Å²) in [7, 11) is 0. The largest absolute Gasteiger partial charge is 0.463 e. The van der Waals surface area contributed by atoms with E-state index in [1.54, 1.807) is 0 Å². The van der Waals surface area contributed by atoms with Gasteiger partial charge in [0, 0.05) is 18.8 Å². The molecule has 32 heteroatoms. The van der Waals surface area contributed by atoms with E-state index in [0.29, 0.717) is 122 Å². The van der Waals surface area contributed by atoms with Crippen LogP contribution in [0.2, 0.25) is 0 Å². The zero-order valence-corrected chi connectivity index (χ0v) is 61.3. The molecular formula is C71H124O32. The fraction of sp³-hybridized carbons (Fsp3) is 0.817. The Kier molecular flexibility index (Phi) is 74.6. The fourth-order valence-corrected chi connectivity index (χ4v) is 8.88. The lowest BCUT2D eigenvalue weighted by Crippen LogP contribution is -2.59. The Morgan fingerprint density at radius 1 is 0.320 bits per heavy atom. The van der Waals surface area contributed by atoms with Gasteiger partial charge in [-0.05, 0) is 30.1 Å². The first-order valence-corrected chi connectivity index (χ1v) is 33.9. The number of hydrogen-bond acceptors (Lipinski definition) is 32. The number of rotatable bonds is 39. The third-order valence-corrected chi connectivity index (χ3v) is 15.1. The third kappa shape index (κ3) is 52.3. The van der Waals surface area contributed by atoms with Crippen LogP contribution in [0.5, 0.6) is 0 Å². The highest BCUT2D eigenvalue weighted by molar-refractivity contribution is 5.65. The lowest BCUT2D eigenvalue weighted by Gasteiger charge is -2.43. The van der Waals surface area contributed by atoms with Gasteiger partial charge in [0.15, 0.2) is 25.2 Å². The van der Waals surface area contributed by atoms with Crippen LogP contribution < -0.4 is 0 Å². The van der Waals surface area contributed by atoms with E-state index in [4.69, 9.17) is 150 Å². The highest BCUT2D eigenvalue weighted by atomic mass is 16.7. The average molecular weight is 1490 g/mol. The van der Waals surface area contributed by atoms with Crippen molar-refractivity contribution in [3.8, 4) is 74.1 Å². The lowest BCUT2D eigenvalue weighted by molar-refractivity contribution is -0.302. The van der Waals surface area contributed by atoms with Crippen LogP contribution in [-0.4, -0.2) is 355 Å². The molecule has 4 saturated heterocycles. The van der Waals surface area contributed by atoms with Crippen molar-refractivity contribution in [1.29, 1.82) is 0 Å². The summed E-state index contributed by atoms with van der Waals surface area (Å²) in [4.78, 5) is 11.0. The van der Waals surface area contributed by atoms with Gasteiger partial charge in [0.25, 0.3) is 0 Å². The Hall–Kier alpha value is -4.37. The molecule has 4 rings (SSSR count). The summed E-state index contributed by atoms with van der Waals surface area (Å²) < 4.78 is 88.4. The normalized spacial score (nSPS) is 28.0. The maximum atomic E-state index is 11.0. The number of hydrogen-bond donors (Lipinski definition) is 14. The molecule has 20 unspecified atom stereocenters. The summed E-state index contributed by atoms with van der Waals surface area (Å²) in [6.07, 6.45) is 18.0. The van der Waals surface area contributed by atoms with Crippen LogP contribution >= 0.6 is 0 Å². The predicted octanol–water partition coefficient (Wildman–Crippen LogP) is -3.32. The molecule has 0 aromatic rings. The monoisotopic (exact) mass is 1490 g/mol. The summed E-state index contributed by atoms with van der Waals surface area (Å²) in [5.74, 6) is 16.3. The van der Waals surface area contributed by atoms with Gasteiger partial charge in [0.1, 0.15) is 95.1 Å². The molecule has 4 aliphatic rings. The second-order valence-electron chi connectivity index (χ2n) is 22.4. The second kappa shape index (κ2) is 73.2. The topological polar surface area (TPSA) is 457 Å². The maximum Gasteiger partial charge on any atom is 0.302 e.